The fraction of sp³-hybridized carbons (Fsp3) is 0.550. The van der Waals surface area contributed by atoms with E-state index in [-0.39, 0.29) is 12.6 Å². The molecule has 0 saturated heterocycles. The first-order chi connectivity index (χ1) is 13.2. The van der Waals surface area contributed by atoms with Crippen molar-refractivity contribution in [3.8, 4) is 0 Å². The summed E-state index contributed by atoms with van der Waals surface area (Å²) in [6.07, 6.45) is 8.47. The average Bonchev–Trinajstić information content (AvgIpc) is 3.30. The molecule has 3 aromatic rings. The topological polar surface area (TPSA) is 70.9 Å². The monoisotopic (exact) mass is 402 g/mol. The Balaban J connectivity index is 1.98. The summed E-state index contributed by atoms with van der Waals surface area (Å²) < 4.78 is 1.06. The molecule has 0 unspecified atom stereocenters. The predicted molar refractivity (Wildman–Crippen MR) is 115 cm³/mol. The second-order valence-electron chi connectivity index (χ2n) is 7.07. The van der Waals surface area contributed by atoms with Gasteiger partial charge in [0.2, 0.25) is 0 Å². The maximum atomic E-state index is 9.63. The van der Waals surface area contributed by atoms with Gasteiger partial charge in [-0.2, -0.15) is 0 Å². The molecule has 0 amide bonds. The van der Waals surface area contributed by atoms with E-state index in [9.17, 15) is 5.11 Å². The van der Waals surface area contributed by atoms with Crippen LogP contribution >= 0.6 is 23.1 Å². The molecule has 144 valence electrons. The summed E-state index contributed by atoms with van der Waals surface area (Å²) in [6.45, 7) is 4.38. The Morgan fingerprint density at radius 2 is 2.00 bits per heavy atom. The number of hydrogen-bond acceptors (Lipinski definition) is 7. The molecule has 1 aliphatic rings. The second kappa shape index (κ2) is 7.89. The second-order valence-corrected chi connectivity index (χ2v) is 8.84. The van der Waals surface area contributed by atoms with Gasteiger partial charge in [0.15, 0.2) is 5.16 Å². The molecule has 2 N–H and O–H groups in total. The van der Waals surface area contributed by atoms with Crippen LogP contribution in [-0.2, 0) is 19.3 Å². The normalized spacial score (nSPS) is 14.8. The first kappa shape index (κ1) is 18.9. The van der Waals surface area contributed by atoms with Crippen molar-refractivity contribution in [2.75, 3.05) is 18.2 Å². The van der Waals surface area contributed by atoms with Crippen molar-refractivity contribution >= 4 is 49.3 Å². The van der Waals surface area contributed by atoms with Gasteiger partial charge in [0.1, 0.15) is 10.6 Å². The van der Waals surface area contributed by atoms with Gasteiger partial charge in [-0.15, -0.1) is 11.3 Å². The molecular formula is C20H26N4OS2. The third kappa shape index (κ3) is 3.30. The zero-order chi connectivity index (χ0) is 19.0. The molecule has 0 aromatic carbocycles. The van der Waals surface area contributed by atoms with Crippen LogP contribution in [0.2, 0.25) is 0 Å². The Morgan fingerprint density at radius 3 is 2.70 bits per heavy atom. The molecule has 1 aliphatic carbocycles. The number of hydrogen-bond donors (Lipinski definition) is 2. The molecule has 0 radical (unpaired) electrons. The van der Waals surface area contributed by atoms with Gasteiger partial charge < -0.3 is 10.4 Å². The van der Waals surface area contributed by atoms with Crippen molar-refractivity contribution in [3.05, 3.63) is 16.8 Å². The van der Waals surface area contributed by atoms with Gasteiger partial charge in [-0.25, -0.2) is 15.0 Å². The Kier molecular flexibility index (Phi) is 5.53. The van der Waals surface area contributed by atoms with Crippen LogP contribution in [0.15, 0.2) is 5.16 Å². The van der Waals surface area contributed by atoms with E-state index in [0.29, 0.717) is 0 Å². The highest BCUT2D eigenvalue weighted by atomic mass is 32.2. The van der Waals surface area contributed by atoms with Crippen molar-refractivity contribution < 1.29 is 5.11 Å². The van der Waals surface area contributed by atoms with Crippen LogP contribution in [0.1, 0.15) is 49.9 Å². The number of aryl methyl sites for hydroxylation is 2. The van der Waals surface area contributed by atoms with E-state index in [4.69, 9.17) is 15.0 Å². The SMILES string of the molecule is CCCc1nc2sc3c(N[C@@H](CC)CO)nc(SC)nc3c2c2c1CCC2. The molecule has 4 rings (SSSR count). The van der Waals surface area contributed by atoms with Crippen molar-refractivity contribution in [2.45, 2.75) is 63.6 Å². The minimum Gasteiger partial charge on any atom is -0.394 e. The number of thioether (sulfide) groups is 1. The smallest absolute Gasteiger partial charge is 0.189 e. The van der Waals surface area contributed by atoms with Gasteiger partial charge in [-0.1, -0.05) is 32.0 Å². The molecule has 0 aliphatic heterocycles. The lowest BCUT2D eigenvalue weighted by atomic mass is 10.0. The number of fused-ring (bicyclic) bond motifs is 5. The zero-order valence-electron chi connectivity index (χ0n) is 16.1. The maximum Gasteiger partial charge on any atom is 0.189 e. The number of pyridine rings is 1. The summed E-state index contributed by atoms with van der Waals surface area (Å²) in [6, 6.07) is -0.00246. The summed E-state index contributed by atoms with van der Waals surface area (Å²) in [7, 11) is 0. The summed E-state index contributed by atoms with van der Waals surface area (Å²) in [5.74, 6) is 0.831. The predicted octanol–water partition coefficient (Wildman–Crippen LogP) is 4.59. The Hall–Kier alpha value is -1.44. The largest absolute Gasteiger partial charge is 0.394 e. The van der Waals surface area contributed by atoms with Crippen LogP contribution in [0, 0.1) is 0 Å². The van der Waals surface area contributed by atoms with Crippen LogP contribution in [0.4, 0.5) is 5.82 Å². The number of aliphatic hydroxyl groups excluding tert-OH is 1. The number of aliphatic hydroxyl groups is 1. The Labute approximate surface area is 168 Å². The van der Waals surface area contributed by atoms with E-state index in [1.165, 1.54) is 28.6 Å². The standard InChI is InChI=1S/C20H26N4OS2/c1-4-7-14-12-8-6-9-13(12)15-16-17(27-19(15)22-14)18(21-11(5-2)10-25)24-20(23-16)26-3/h11,25H,4-10H2,1-3H3,(H,21,23,24)/t11-/m0/s1. The molecule has 0 spiro atoms. The van der Waals surface area contributed by atoms with E-state index in [0.717, 1.165) is 58.1 Å². The number of anilines is 1. The van der Waals surface area contributed by atoms with Crippen LogP contribution in [-0.4, -0.2) is 39.0 Å². The van der Waals surface area contributed by atoms with Gasteiger partial charge in [-0.3, -0.25) is 0 Å². The minimum absolute atomic E-state index is 0.00246. The zero-order valence-corrected chi connectivity index (χ0v) is 17.8. The molecule has 0 saturated carbocycles. The van der Waals surface area contributed by atoms with Crippen LogP contribution in [0.3, 0.4) is 0 Å². The van der Waals surface area contributed by atoms with Gasteiger partial charge in [-0.05, 0) is 49.5 Å². The highest BCUT2D eigenvalue weighted by molar-refractivity contribution is 7.98. The van der Waals surface area contributed by atoms with Crippen molar-refractivity contribution in [3.63, 3.8) is 0 Å². The highest BCUT2D eigenvalue weighted by Gasteiger charge is 2.25. The summed E-state index contributed by atoms with van der Waals surface area (Å²) in [5, 5.41) is 15.1. The number of nitrogens with one attached hydrogen (secondary N) is 1. The number of thiophene rings is 1. The van der Waals surface area contributed by atoms with E-state index in [1.807, 2.05) is 6.26 Å². The maximum absolute atomic E-state index is 9.63. The Morgan fingerprint density at radius 1 is 1.19 bits per heavy atom. The summed E-state index contributed by atoms with van der Waals surface area (Å²) >= 11 is 3.24. The third-order valence-corrected chi connectivity index (χ3v) is 6.95. The molecule has 5 nitrogen and oxygen atoms in total. The molecule has 3 heterocycles. The first-order valence-corrected chi connectivity index (χ1v) is 11.8. The molecule has 3 aromatic heterocycles. The molecule has 27 heavy (non-hydrogen) atoms. The van der Waals surface area contributed by atoms with Crippen molar-refractivity contribution in [1.82, 2.24) is 15.0 Å². The van der Waals surface area contributed by atoms with Crippen LogP contribution in [0.25, 0.3) is 20.4 Å². The average molecular weight is 403 g/mol. The number of nitrogens with zero attached hydrogens (tertiary/aromatic N) is 3. The molecule has 1 atom stereocenters. The minimum atomic E-state index is -0.00246. The van der Waals surface area contributed by atoms with Crippen LogP contribution < -0.4 is 5.32 Å². The van der Waals surface area contributed by atoms with Gasteiger partial charge in [0.05, 0.1) is 22.9 Å². The Bertz CT molecular complexity index is 981. The third-order valence-electron chi connectivity index (χ3n) is 5.32. The fourth-order valence-corrected chi connectivity index (χ4v) is 5.41. The van der Waals surface area contributed by atoms with Crippen LogP contribution in [0.5, 0.6) is 0 Å². The molecule has 0 bridgehead atoms. The van der Waals surface area contributed by atoms with Gasteiger partial charge in [0.25, 0.3) is 0 Å². The highest BCUT2D eigenvalue weighted by Crippen LogP contribution is 2.42. The summed E-state index contributed by atoms with van der Waals surface area (Å²) in [5.41, 5.74) is 5.22. The fourth-order valence-electron chi connectivity index (χ4n) is 3.93. The molecule has 7 heteroatoms. The van der Waals surface area contributed by atoms with Gasteiger partial charge >= 0.3 is 0 Å². The molecule has 0 fully saturated rings. The number of rotatable bonds is 7. The van der Waals surface area contributed by atoms with E-state index in [1.54, 1.807) is 23.1 Å². The lowest BCUT2D eigenvalue weighted by Gasteiger charge is -2.15. The van der Waals surface area contributed by atoms with E-state index >= 15 is 0 Å². The summed E-state index contributed by atoms with van der Waals surface area (Å²) in [4.78, 5) is 15.7. The van der Waals surface area contributed by atoms with Crippen molar-refractivity contribution in [2.24, 2.45) is 0 Å². The quantitative estimate of drug-likeness (QED) is 0.445. The lowest BCUT2D eigenvalue weighted by molar-refractivity contribution is 0.271. The van der Waals surface area contributed by atoms with E-state index in [2.05, 4.69) is 19.2 Å². The van der Waals surface area contributed by atoms with Gasteiger partial charge in [0, 0.05) is 11.1 Å². The lowest BCUT2D eigenvalue weighted by Crippen LogP contribution is -2.23. The molecular weight excluding hydrogens is 376 g/mol. The van der Waals surface area contributed by atoms with E-state index < -0.39 is 0 Å². The van der Waals surface area contributed by atoms with Crippen molar-refractivity contribution in [1.29, 1.82) is 0 Å². The first-order valence-electron chi connectivity index (χ1n) is 9.76. The number of aromatic nitrogens is 3.